The Hall–Kier alpha value is -1.39. The molecule has 0 amide bonds. The Labute approximate surface area is 233 Å². The summed E-state index contributed by atoms with van der Waals surface area (Å²) in [6.07, 6.45) is 14.8. The number of hydrogen-bond donors (Lipinski definition) is 0. The summed E-state index contributed by atoms with van der Waals surface area (Å²) in [4.78, 5) is 0. The summed E-state index contributed by atoms with van der Waals surface area (Å²) in [5.74, 6) is 1.76. The van der Waals surface area contributed by atoms with Crippen LogP contribution in [-0.4, -0.2) is 6.18 Å². The second-order valence-corrected chi connectivity index (χ2v) is 13.1. The highest BCUT2D eigenvalue weighted by atomic mass is 19.4. The van der Waals surface area contributed by atoms with Crippen molar-refractivity contribution >= 4 is 0 Å². The van der Waals surface area contributed by atoms with Gasteiger partial charge in [0.25, 0.3) is 0 Å². The monoisotopic (exact) mass is 552 g/mol. The van der Waals surface area contributed by atoms with E-state index in [0.717, 1.165) is 73.8 Å². The van der Waals surface area contributed by atoms with E-state index >= 15 is 0 Å². The highest BCUT2D eigenvalue weighted by molar-refractivity contribution is 5.28. The van der Waals surface area contributed by atoms with Gasteiger partial charge in [-0.15, -0.1) is 0 Å². The molecule has 0 radical (unpaired) electrons. The minimum absolute atomic E-state index is 0.00403. The average molecular weight is 553 g/mol. The van der Waals surface area contributed by atoms with Crippen LogP contribution in [0.3, 0.4) is 0 Å². The van der Waals surface area contributed by atoms with E-state index in [0.29, 0.717) is 24.7 Å². The summed E-state index contributed by atoms with van der Waals surface area (Å²) in [5.41, 5.74) is 2.07. The Morgan fingerprint density at radius 2 is 1.36 bits per heavy atom. The van der Waals surface area contributed by atoms with Crippen LogP contribution in [0.4, 0.5) is 22.0 Å². The number of halogens is 5. The SMILES string of the molecule is CCCCCc1ccc(C2CCC(C3CCC(CCC4CCC(/C(F)=C/C(F)(F)F)CC4)CC3)CC2)c(F)c1. The fraction of sp³-hybridized carbons (Fsp3) is 0.765. The highest BCUT2D eigenvalue weighted by Crippen LogP contribution is 2.46. The average Bonchev–Trinajstić information content (AvgIpc) is 2.92. The second-order valence-electron chi connectivity index (χ2n) is 13.1. The Morgan fingerprint density at radius 3 is 1.90 bits per heavy atom. The minimum Gasteiger partial charge on any atom is -0.212 e. The number of unbranched alkanes of at least 4 members (excludes halogenated alkanes) is 2. The normalized spacial score (nSPS) is 30.9. The molecule has 3 saturated carbocycles. The Bertz CT molecular complexity index is 895. The van der Waals surface area contributed by atoms with Crippen LogP contribution in [0.2, 0.25) is 0 Å². The maximum absolute atomic E-state index is 14.9. The maximum Gasteiger partial charge on any atom is 0.412 e. The number of rotatable bonds is 10. The van der Waals surface area contributed by atoms with E-state index in [-0.39, 0.29) is 11.9 Å². The summed E-state index contributed by atoms with van der Waals surface area (Å²) in [6.45, 7) is 2.19. The first-order chi connectivity index (χ1) is 18.7. The number of aryl methyl sites for hydroxylation is 1. The summed E-state index contributed by atoms with van der Waals surface area (Å²) in [5, 5.41) is 0. The van der Waals surface area contributed by atoms with Crippen molar-refractivity contribution in [1.29, 1.82) is 0 Å². The van der Waals surface area contributed by atoms with Crippen LogP contribution in [-0.2, 0) is 6.42 Å². The Morgan fingerprint density at radius 1 is 0.795 bits per heavy atom. The van der Waals surface area contributed by atoms with E-state index in [1.807, 2.05) is 0 Å². The molecule has 39 heavy (non-hydrogen) atoms. The predicted molar refractivity (Wildman–Crippen MR) is 150 cm³/mol. The molecule has 1 aromatic carbocycles. The number of hydrogen-bond acceptors (Lipinski definition) is 0. The van der Waals surface area contributed by atoms with Crippen LogP contribution < -0.4 is 0 Å². The molecule has 0 bridgehead atoms. The summed E-state index contributed by atoms with van der Waals surface area (Å²) < 4.78 is 66.1. The Balaban J connectivity index is 1.13. The molecule has 0 heterocycles. The van der Waals surface area contributed by atoms with Crippen LogP contribution in [0.15, 0.2) is 30.1 Å². The zero-order valence-corrected chi connectivity index (χ0v) is 23.9. The van der Waals surface area contributed by atoms with Gasteiger partial charge in [-0.3, -0.25) is 0 Å². The smallest absolute Gasteiger partial charge is 0.212 e. The van der Waals surface area contributed by atoms with Crippen LogP contribution in [0.1, 0.15) is 133 Å². The third-order valence-corrected chi connectivity index (χ3v) is 10.4. The van der Waals surface area contributed by atoms with Crippen molar-refractivity contribution in [1.82, 2.24) is 0 Å². The zero-order valence-electron chi connectivity index (χ0n) is 23.9. The fourth-order valence-electron chi connectivity index (χ4n) is 7.96. The molecule has 0 unspecified atom stereocenters. The third-order valence-electron chi connectivity index (χ3n) is 10.4. The van der Waals surface area contributed by atoms with Gasteiger partial charge in [0.05, 0.1) is 6.08 Å². The van der Waals surface area contributed by atoms with Gasteiger partial charge >= 0.3 is 6.18 Å². The van der Waals surface area contributed by atoms with Gasteiger partial charge in [-0.25, -0.2) is 8.78 Å². The van der Waals surface area contributed by atoms with Gasteiger partial charge in [0, 0.05) is 5.92 Å². The first-order valence-corrected chi connectivity index (χ1v) is 15.9. The van der Waals surface area contributed by atoms with Gasteiger partial charge in [0.1, 0.15) is 11.6 Å². The number of allylic oxidation sites excluding steroid dienone is 2. The van der Waals surface area contributed by atoms with Crippen molar-refractivity contribution in [2.24, 2.45) is 29.6 Å². The molecule has 0 aromatic heterocycles. The number of alkyl halides is 3. The van der Waals surface area contributed by atoms with E-state index in [2.05, 4.69) is 19.1 Å². The van der Waals surface area contributed by atoms with Crippen molar-refractivity contribution in [2.45, 2.75) is 135 Å². The van der Waals surface area contributed by atoms with E-state index in [1.165, 1.54) is 57.8 Å². The topological polar surface area (TPSA) is 0 Å². The van der Waals surface area contributed by atoms with Gasteiger partial charge in [-0.1, -0.05) is 57.6 Å². The molecule has 0 aliphatic heterocycles. The lowest BCUT2D eigenvalue weighted by Gasteiger charge is -2.38. The van der Waals surface area contributed by atoms with Crippen molar-refractivity contribution in [3.8, 4) is 0 Å². The predicted octanol–water partition coefficient (Wildman–Crippen LogP) is 11.6. The Kier molecular flexibility index (Phi) is 11.4. The summed E-state index contributed by atoms with van der Waals surface area (Å²) >= 11 is 0. The maximum atomic E-state index is 14.9. The second kappa shape index (κ2) is 14.5. The lowest BCUT2D eigenvalue weighted by atomic mass is 9.67. The molecule has 0 N–H and O–H groups in total. The summed E-state index contributed by atoms with van der Waals surface area (Å²) in [7, 11) is 0. The van der Waals surface area contributed by atoms with Crippen LogP contribution in [0.5, 0.6) is 0 Å². The van der Waals surface area contributed by atoms with Gasteiger partial charge in [0.2, 0.25) is 0 Å². The van der Waals surface area contributed by atoms with Crippen molar-refractivity contribution < 1.29 is 22.0 Å². The van der Waals surface area contributed by atoms with Gasteiger partial charge in [-0.05, 0) is 124 Å². The molecule has 0 nitrogen and oxygen atoms in total. The molecule has 0 saturated heterocycles. The third kappa shape index (κ3) is 9.32. The first-order valence-electron chi connectivity index (χ1n) is 15.9. The van der Waals surface area contributed by atoms with Crippen LogP contribution in [0.25, 0.3) is 0 Å². The first kappa shape index (κ1) is 30.6. The molecular weight excluding hydrogens is 503 g/mol. The van der Waals surface area contributed by atoms with E-state index < -0.39 is 17.9 Å². The van der Waals surface area contributed by atoms with Crippen LogP contribution >= 0.6 is 0 Å². The molecule has 5 heteroatoms. The largest absolute Gasteiger partial charge is 0.412 e. The zero-order chi connectivity index (χ0) is 27.8. The molecule has 1 aromatic rings. The molecule has 3 aliphatic rings. The van der Waals surface area contributed by atoms with E-state index in [1.54, 1.807) is 6.07 Å². The minimum atomic E-state index is -4.56. The molecular formula is C34H49F5. The lowest BCUT2D eigenvalue weighted by Crippen LogP contribution is -2.26. The van der Waals surface area contributed by atoms with Crippen LogP contribution in [0, 0.1) is 35.4 Å². The molecule has 3 aliphatic carbocycles. The van der Waals surface area contributed by atoms with Crippen molar-refractivity contribution in [3.63, 3.8) is 0 Å². The summed E-state index contributed by atoms with van der Waals surface area (Å²) in [6, 6.07) is 6.00. The molecule has 0 spiro atoms. The number of benzene rings is 1. The molecule has 3 fully saturated rings. The van der Waals surface area contributed by atoms with Gasteiger partial charge in [0.15, 0.2) is 0 Å². The molecule has 4 rings (SSSR count). The standard InChI is InChI=1S/C34H49F5/c1-2-3-4-5-26-12-21-31(32(35)22-26)29-19-17-28(18-20-29)27-13-8-24(9-14-27)6-7-25-10-15-30(16-11-25)33(36)23-34(37,38)39/h12,21-25,27-30H,2-11,13-20H2,1H3/b33-23-. The molecule has 0 atom stereocenters. The fourth-order valence-corrected chi connectivity index (χ4v) is 7.96. The van der Waals surface area contributed by atoms with Crippen molar-refractivity contribution in [3.05, 3.63) is 47.0 Å². The molecule has 220 valence electrons. The van der Waals surface area contributed by atoms with E-state index in [4.69, 9.17) is 0 Å². The quantitative estimate of drug-likeness (QED) is 0.200. The van der Waals surface area contributed by atoms with Gasteiger partial charge < -0.3 is 0 Å². The van der Waals surface area contributed by atoms with E-state index in [9.17, 15) is 22.0 Å². The van der Waals surface area contributed by atoms with Crippen molar-refractivity contribution in [2.75, 3.05) is 0 Å². The highest BCUT2D eigenvalue weighted by Gasteiger charge is 2.33. The lowest BCUT2D eigenvalue weighted by molar-refractivity contribution is -0.0821. The van der Waals surface area contributed by atoms with Gasteiger partial charge in [-0.2, -0.15) is 13.2 Å².